The number of carbonyl (C=O) groups is 1. The first-order valence-electron chi connectivity index (χ1n) is 7.00. The van der Waals surface area contributed by atoms with Crippen molar-refractivity contribution < 1.29 is 4.79 Å². The van der Waals surface area contributed by atoms with Crippen LogP contribution in [0.1, 0.15) is 0 Å². The fourth-order valence-electron chi connectivity index (χ4n) is 1.92. The molecule has 0 aliphatic heterocycles. The van der Waals surface area contributed by atoms with Gasteiger partial charge in [-0.15, -0.1) is 23.1 Å². The molecule has 1 heterocycles. The van der Waals surface area contributed by atoms with Crippen molar-refractivity contribution in [3.8, 4) is 11.3 Å². The van der Waals surface area contributed by atoms with Gasteiger partial charge >= 0.3 is 0 Å². The van der Waals surface area contributed by atoms with Gasteiger partial charge < -0.3 is 5.32 Å². The van der Waals surface area contributed by atoms with E-state index in [2.05, 4.69) is 10.3 Å². The lowest BCUT2D eigenvalue weighted by atomic mass is 10.2. The van der Waals surface area contributed by atoms with E-state index in [1.807, 2.05) is 41.8 Å². The highest BCUT2D eigenvalue weighted by atomic mass is 35.5. The summed E-state index contributed by atoms with van der Waals surface area (Å²) in [5.41, 5.74) is 1.78. The minimum absolute atomic E-state index is 0.0908. The molecule has 3 aromatic rings. The second-order valence-corrected chi connectivity index (χ2v) is 7.62. The molecule has 1 aromatic heterocycles. The number of hydrogen-bond acceptors (Lipinski definition) is 4. The predicted molar refractivity (Wildman–Crippen MR) is 103 cm³/mol. The molecule has 0 bridgehead atoms. The van der Waals surface area contributed by atoms with Crippen LogP contribution in [0.4, 0.5) is 5.13 Å². The molecule has 0 spiro atoms. The van der Waals surface area contributed by atoms with Crippen LogP contribution in [0.5, 0.6) is 0 Å². The van der Waals surface area contributed by atoms with Crippen LogP contribution in [-0.2, 0) is 4.79 Å². The minimum atomic E-state index is -0.0908. The summed E-state index contributed by atoms with van der Waals surface area (Å²) in [6, 6.07) is 14.8. The summed E-state index contributed by atoms with van der Waals surface area (Å²) in [4.78, 5) is 17.5. The Balaban J connectivity index is 1.57. The average molecular weight is 395 g/mol. The second-order valence-electron chi connectivity index (χ2n) is 4.84. The number of rotatable bonds is 5. The molecule has 1 N–H and O–H groups in total. The molecule has 3 rings (SSSR count). The third kappa shape index (κ3) is 4.74. The van der Waals surface area contributed by atoms with E-state index >= 15 is 0 Å². The molecule has 0 unspecified atom stereocenters. The van der Waals surface area contributed by atoms with Crippen LogP contribution in [0.3, 0.4) is 0 Å². The number of halogens is 2. The Morgan fingerprint density at radius 2 is 1.67 bits per heavy atom. The maximum atomic E-state index is 12.0. The molecule has 0 fully saturated rings. The van der Waals surface area contributed by atoms with Gasteiger partial charge in [-0.2, -0.15) is 0 Å². The lowest BCUT2D eigenvalue weighted by molar-refractivity contribution is -0.113. The third-order valence-corrected chi connectivity index (χ3v) is 5.35. The molecule has 7 heteroatoms. The molecular formula is C17H12Cl2N2OS2. The number of nitrogens with zero attached hydrogens (tertiary/aromatic N) is 1. The summed E-state index contributed by atoms with van der Waals surface area (Å²) in [6.07, 6.45) is 0. The van der Waals surface area contributed by atoms with Gasteiger partial charge in [-0.3, -0.25) is 4.79 Å². The third-order valence-electron chi connectivity index (χ3n) is 3.07. The SMILES string of the molecule is O=C(CSc1ccc(Cl)cc1)Nc1nc(-c2ccc(Cl)cc2)cs1. The maximum Gasteiger partial charge on any atom is 0.236 e. The largest absolute Gasteiger partial charge is 0.301 e. The topological polar surface area (TPSA) is 42.0 Å². The molecule has 24 heavy (non-hydrogen) atoms. The minimum Gasteiger partial charge on any atom is -0.301 e. The highest BCUT2D eigenvalue weighted by Gasteiger charge is 2.09. The average Bonchev–Trinajstić information content (AvgIpc) is 3.03. The standard InChI is InChI=1S/C17H12Cl2N2OS2/c18-12-3-1-11(2-4-12)15-9-24-17(20-15)21-16(22)10-23-14-7-5-13(19)6-8-14/h1-9H,10H2,(H,20,21,22). The van der Waals surface area contributed by atoms with Crippen LogP contribution >= 0.6 is 46.3 Å². The van der Waals surface area contributed by atoms with Crippen molar-refractivity contribution in [2.24, 2.45) is 0 Å². The number of benzene rings is 2. The zero-order valence-electron chi connectivity index (χ0n) is 12.3. The first-order chi connectivity index (χ1) is 11.6. The van der Waals surface area contributed by atoms with Crippen molar-refractivity contribution in [3.05, 3.63) is 64.0 Å². The fourth-order valence-corrected chi connectivity index (χ4v) is 3.61. The molecule has 2 aromatic carbocycles. The summed E-state index contributed by atoms with van der Waals surface area (Å²) < 4.78 is 0. The highest BCUT2D eigenvalue weighted by molar-refractivity contribution is 8.00. The van der Waals surface area contributed by atoms with Gasteiger partial charge in [0, 0.05) is 25.9 Å². The molecule has 0 aliphatic rings. The normalized spacial score (nSPS) is 10.6. The van der Waals surface area contributed by atoms with Crippen molar-refractivity contribution in [2.45, 2.75) is 4.90 Å². The Morgan fingerprint density at radius 1 is 1.04 bits per heavy atom. The lowest BCUT2D eigenvalue weighted by Gasteiger charge is -2.02. The van der Waals surface area contributed by atoms with E-state index < -0.39 is 0 Å². The van der Waals surface area contributed by atoms with Crippen molar-refractivity contribution >= 4 is 57.3 Å². The summed E-state index contributed by atoms with van der Waals surface area (Å²) in [6.45, 7) is 0. The predicted octanol–water partition coefficient (Wildman–Crippen LogP) is 5.85. The molecule has 0 atom stereocenters. The van der Waals surface area contributed by atoms with E-state index in [9.17, 15) is 4.79 Å². The van der Waals surface area contributed by atoms with E-state index in [1.54, 1.807) is 12.1 Å². The number of hydrogen-bond donors (Lipinski definition) is 1. The molecular weight excluding hydrogens is 383 g/mol. The monoisotopic (exact) mass is 394 g/mol. The van der Waals surface area contributed by atoms with Crippen LogP contribution in [-0.4, -0.2) is 16.6 Å². The van der Waals surface area contributed by atoms with Crippen LogP contribution < -0.4 is 5.32 Å². The van der Waals surface area contributed by atoms with Gasteiger partial charge in [0.05, 0.1) is 11.4 Å². The smallest absolute Gasteiger partial charge is 0.236 e. The zero-order chi connectivity index (χ0) is 16.9. The molecule has 0 saturated heterocycles. The molecule has 0 saturated carbocycles. The van der Waals surface area contributed by atoms with Crippen molar-refractivity contribution in [1.29, 1.82) is 0 Å². The summed E-state index contributed by atoms with van der Waals surface area (Å²) in [5, 5.41) is 6.68. The van der Waals surface area contributed by atoms with E-state index in [1.165, 1.54) is 23.1 Å². The van der Waals surface area contributed by atoms with Gasteiger partial charge in [-0.05, 0) is 36.4 Å². The fraction of sp³-hybridized carbons (Fsp3) is 0.0588. The Labute approximate surface area is 158 Å². The van der Waals surface area contributed by atoms with Crippen LogP contribution in [0.15, 0.2) is 58.8 Å². The van der Waals surface area contributed by atoms with Gasteiger partial charge in [0.2, 0.25) is 5.91 Å². The molecule has 1 amide bonds. The van der Waals surface area contributed by atoms with E-state index in [0.717, 1.165) is 16.2 Å². The Bertz CT molecular complexity index is 833. The van der Waals surface area contributed by atoms with Crippen molar-refractivity contribution in [3.63, 3.8) is 0 Å². The van der Waals surface area contributed by atoms with Crippen LogP contribution in [0.2, 0.25) is 10.0 Å². The maximum absolute atomic E-state index is 12.0. The number of thiazole rings is 1. The number of nitrogens with one attached hydrogen (secondary N) is 1. The number of amides is 1. The first-order valence-corrected chi connectivity index (χ1v) is 9.62. The van der Waals surface area contributed by atoms with E-state index in [0.29, 0.717) is 20.9 Å². The lowest BCUT2D eigenvalue weighted by Crippen LogP contribution is -2.13. The van der Waals surface area contributed by atoms with Gasteiger partial charge in [-0.1, -0.05) is 35.3 Å². The van der Waals surface area contributed by atoms with E-state index in [4.69, 9.17) is 23.2 Å². The molecule has 122 valence electrons. The number of aromatic nitrogens is 1. The van der Waals surface area contributed by atoms with Crippen molar-refractivity contribution in [2.75, 3.05) is 11.1 Å². The van der Waals surface area contributed by atoms with Gasteiger partial charge in [0.1, 0.15) is 0 Å². The summed E-state index contributed by atoms with van der Waals surface area (Å²) in [5.74, 6) is 0.226. The number of carbonyl (C=O) groups excluding carboxylic acids is 1. The quantitative estimate of drug-likeness (QED) is 0.551. The molecule has 0 radical (unpaired) electrons. The highest BCUT2D eigenvalue weighted by Crippen LogP contribution is 2.26. The number of anilines is 1. The van der Waals surface area contributed by atoms with E-state index in [-0.39, 0.29) is 5.91 Å². The first kappa shape index (κ1) is 17.3. The Hall–Kier alpha value is -1.53. The molecule has 3 nitrogen and oxygen atoms in total. The van der Waals surface area contributed by atoms with Crippen molar-refractivity contribution in [1.82, 2.24) is 4.98 Å². The Kier molecular flexibility index (Phi) is 5.79. The Morgan fingerprint density at radius 3 is 2.33 bits per heavy atom. The van der Waals surface area contributed by atoms with Crippen LogP contribution in [0, 0.1) is 0 Å². The van der Waals surface area contributed by atoms with Gasteiger partial charge in [0.25, 0.3) is 0 Å². The zero-order valence-corrected chi connectivity index (χ0v) is 15.5. The summed E-state index contributed by atoms with van der Waals surface area (Å²) in [7, 11) is 0. The van der Waals surface area contributed by atoms with Gasteiger partial charge in [-0.25, -0.2) is 4.98 Å². The van der Waals surface area contributed by atoms with Gasteiger partial charge in [0.15, 0.2) is 5.13 Å². The second kappa shape index (κ2) is 8.03. The van der Waals surface area contributed by atoms with Crippen LogP contribution in [0.25, 0.3) is 11.3 Å². The molecule has 0 aliphatic carbocycles. The summed E-state index contributed by atoms with van der Waals surface area (Å²) >= 11 is 14.6. The number of thioether (sulfide) groups is 1.